The fraction of sp³-hybridized carbons (Fsp3) is 0.0286. The Morgan fingerprint density at radius 1 is 0.774 bits per heavy atom. The first-order valence-corrected chi connectivity index (χ1v) is 15.0. The van der Waals surface area contributed by atoms with Crippen molar-refractivity contribution < 1.29 is 51.6 Å². The van der Waals surface area contributed by atoms with E-state index >= 15 is 0 Å². The van der Waals surface area contributed by atoms with Gasteiger partial charge in [0.15, 0.2) is 0 Å². The van der Waals surface area contributed by atoms with E-state index in [1.165, 1.54) is 48.5 Å². The van der Waals surface area contributed by atoms with Gasteiger partial charge in [0.25, 0.3) is 11.8 Å². The monoisotopic (exact) mass is 744 g/mol. The van der Waals surface area contributed by atoms with Crippen molar-refractivity contribution in [3.8, 4) is 58.4 Å². The van der Waals surface area contributed by atoms with E-state index in [0.717, 1.165) is 22.9 Å². The van der Waals surface area contributed by atoms with Crippen molar-refractivity contribution >= 4 is 23.5 Å². The highest BCUT2D eigenvalue weighted by Gasteiger charge is 2.32. The van der Waals surface area contributed by atoms with Crippen molar-refractivity contribution in [2.45, 2.75) is 6.36 Å². The van der Waals surface area contributed by atoms with E-state index in [4.69, 9.17) is 21.1 Å². The van der Waals surface area contributed by atoms with Crippen LogP contribution >= 0.6 is 11.6 Å². The molecule has 0 aliphatic carbocycles. The van der Waals surface area contributed by atoms with Crippen molar-refractivity contribution in [3.63, 3.8) is 0 Å². The summed E-state index contributed by atoms with van der Waals surface area (Å²) in [6.07, 6.45) is -5.11. The molecule has 53 heavy (non-hydrogen) atoms. The summed E-state index contributed by atoms with van der Waals surface area (Å²) in [5, 5.41) is 36.3. The maximum absolute atomic E-state index is 13.5. The Morgan fingerprint density at radius 2 is 1.51 bits per heavy atom. The van der Waals surface area contributed by atoms with Crippen LogP contribution in [0.15, 0.2) is 84.9 Å². The number of nitrogens with one attached hydrogen (secondary N) is 1. The SMILES string of the molecule is O=C(O)c1[nH]nnc1Oc1cc(Cl)cc(C#Cc2ccc(-n3nnc(Oc4ccc(C#Cc5cccc(F)c5)c(OC(F)(F)F)c4)c3C(=O)O)cc2)c1. The number of H-pyrrole nitrogens is 1. The Bertz CT molecular complexity index is 2500. The highest BCUT2D eigenvalue weighted by Crippen LogP contribution is 2.33. The summed E-state index contributed by atoms with van der Waals surface area (Å²) in [6.45, 7) is 0. The number of carboxylic acid groups (broad SMARTS) is 2. The van der Waals surface area contributed by atoms with Gasteiger partial charge < -0.3 is 24.4 Å². The van der Waals surface area contributed by atoms with E-state index in [0.29, 0.717) is 11.1 Å². The van der Waals surface area contributed by atoms with E-state index < -0.39 is 41.4 Å². The fourth-order valence-corrected chi connectivity index (χ4v) is 4.69. The Labute approximate surface area is 299 Å². The predicted octanol–water partition coefficient (Wildman–Crippen LogP) is 6.86. The minimum atomic E-state index is -5.11. The van der Waals surface area contributed by atoms with Gasteiger partial charge in [-0.15, -0.1) is 13.2 Å². The van der Waals surface area contributed by atoms with Crippen LogP contribution in [-0.4, -0.2) is 58.9 Å². The molecule has 18 heteroatoms. The first kappa shape index (κ1) is 35.5. The molecule has 4 aromatic carbocycles. The van der Waals surface area contributed by atoms with E-state index in [-0.39, 0.29) is 44.9 Å². The van der Waals surface area contributed by atoms with Gasteiger partial charge in [0, 0.05) is 27.8 Å². The van der Waals surface area contributed by atoms with Gasteiger partial charge >= 0.3 is 18.3 Å². The van der Waals surface area contributed by atoms with E-state index in [1.807, 2.05) is 0 Å². The number of aromatic nitrogens is 6. The van der Waals surface area contributed by atoms with E-state index in [1.54, 1.807) is 18.2 Å². The average Bonchev–Trinajstić information content (AvgIpc) is 3.74. The molecule has 0 saturated carbocycles. The number of halogens is 5. The van der Waals surface area contributed by atoms with Crippen LogP contribution in [0.3, 0.4) is 0 Å². The number of carbonyl (C=O) groups is 2. The highest BCUT2D eigenvalue weighted by molar-refractivity contribution is 6.30. The van der Waals surface area contributed by atoms with Crippen molar-refractivity contribution in [1.82, 2.24) is 30.4 Å². The fourth-order valence-electron chi connectivity index (χ4n) is 4.46. The van der Waals surface area contributed by atoms with Crippen molar-refractivity contribution in [1.29, 1.82) is 0 Å². The molecule has 0 unspecified atom stereocenters. The predicted molar refractivity (Wildman–Crippen MR) is 175 cm³/mol. The maximum Gasteiger partial charge on any atom is 0.573 e. The number of ether oxygens (including phenoxy) is 3. The summed E-state index contributed by atoms with van der Waals surface area (Å²) < 4.78 is 69.3. The average molecular weight is 745 g/mol. The summed E-state index contributed by atoms with van der Waals surface area (Å²) in [5.41, 5.74) is 0.176. The second-order valence-electron chi connectivity index (χ2n) is 10.4. The largest absolute Gasteiger partial charge is 0.573 e. The number of hydrogen-bond acceptors (Lipinski definition) is 9. The van der Waals surface area contributed by atoms with Crippen LogP contribution in [0.25, 0.3) is 5.69 Å². The Hall–Kier alpha value is -7.37. The minimum absolute atomic E-state index is 0.147. The number of rotatable bonds is 8. The van der Waals surface area contributed by atoms with Crippen LogP contribution in [0.4, 0.5) is 17.6 Å². The second kappa shape index (κ2) is 14.9. The van der Waals surface area contributed by atoms with E-state index in [2.05, 4.69) is 54.1 Å². The summed E-state index contributed by atoms with van der Waals surface area (Å²) >= 11 is 6.19. The number of nitrogens with zero attached hydrogens (tertiary/aromatic N) is 5. The number of alkyl halides is 3. The smallest absolute Gasteiger partial charge is 0.476 e. The molecule has 2 aromatic heterocycles. The number of hydrogen-bond donors (Lipinski definition) is 3. The van der Waals surface area contributed by atoms with Crippen LogP contribution in [0.2, 0.25) is 5.02 Å². The lowest BCUT2D eigenvalue weighted by Crippen LogP contribution is -2.17. The summed E-state index contributed by atoms with van der Waals surface area (Å²) in [4.78, 5) is 23.6. The Balaban J connectivity index is 1.22. The second-order valence-corrected chi connectivity index (χ2v) is 10.8. The quantitative estimate of drug-likeness (QED) is 0.110. The Morgan fingerprint density at radius 3 is 2.23 bits per heavy atom. The number of carboxylic acids is 2. The third-order valence-corrected chi connectivity index (χ3v) is 6.90. The summed E-state index contributed by atoms with van der Waals surface area (Å²) in [7, 11) is 0. The zero-order valence-corrected chi connectivity index (χ0v) is 26.9. The van der Waals surface area contributed by atoms with Gasteiger partial charge in [0.1, 0.15) is 23.1 Å². The van der Waals surface area contributed by atoms with Crippen LogP contribution in [0.1, 0.15) is 43.2 Å². The molecule has 0 spiro atoms. The van der Waals surface area contributed by atoms with Gasteiger partial charge in [0.05, 0.1) is 11.3 Å². The van der Waals surface area contributed by atoms with Crippen LogP contribution in [0.5, 0.6) is 29.0 Å². The van der Waals surface area contributed by atoms with Crippen LogP contribution < -0.4 is 14.2 Å². The number of aromatic amines is 1. The number of aromatic carboxylic acids is 2. The zero-order valence-electron chi connectivity index (χ0n) is 26.1. The molecule has 13 nitrogen and oxygen atoms in total. The van der Waals surface area contributed by atoms with E-state index in [9.17, 15) is 37.4 Å². The molecule has 0 saturated heterocycles. The van der Waals surface area contributed by atoms with Gasteiger partial charge in [-0.1, -0.05) is 62.0 Å². The molecule has 0 fully saturated rings. The van der Waals surface area contributed by atoms with Crippen LogP contribution in [-0.2, 0) is 0 Å². The number of benzene rings is 4. The lowest BCUT2D eigenvalue weighted by Gasteiger charge is -2.12. The molecule has 0 aliphatic heterocycles. The maximum atomic E-state index is 13.5. The first-order valence-electron chi connectivity index (χ1n) is 14.6. The molecule has 0 aliphatic rings. The third kappa shape index (κ3) is 8.87. The zero-order chi connectivity index (χ0) is 37.7. The van der Waals surface area contributed by atoms with Gasteiger partial charge in [-0.25, -0.2) is 23.8 Å². The molecular formula is C35H17ClF4N6O7. The van der Waals surface area contributed by atoms with Crippen molar-refractivity contribution in [2.24, 2.45) is 0 Å². The Kier molecular flexibility index (Phi) is 9.94. The third-order valence-electron chi connectivity index (χ3n) is 6.68. The molecule has 0 bridgehead atoms. The normalized spacial score (nSPS) is 10.7. The molecule has 0 amide bonds. The molecule has 0 radical (unpaired) electrons. The highest BCUT2D eigenvalue weighted by atomic mass is 35.5. The topological polar surface area (TPSA) is 175 Å². The minimum Gasteiger partial charge on any atom is -0.476 e. The lowest BCUT2D eigenvalue weighted by atomic mass is 10.1. The molecule has 6 rings (SSSR count). The van der Waals surface area contributed by atoms with Crippen LogP contribution in [0, 0.1) is 29.5 Å². The standard InChI is InChI=1S/C35H17ClF4N6O7/c36-23-14-21(16-27(17-23)52-31-29(33(47)48)41-44-42-31)5-4-19-7-11-25(12-8-19)46-30(34(49)50)32(43-45-46)51-26-13-10-22(28(18-26)53-35(38,39)40)9-6-20-2-1-3-24(37)15-20/h1-3,7-8,10-18H,(H,47,48)(H,49,50)(H,41,42,44). The summed E-state index contributed by atoms with van der Waals surface area (Å²) in [5.74, 6) is 5.71. The van der Waals surface area contributed by atoms with Crippen molar-refractivity contribution in [2.75, 3.05) is 0 Å². The lowest BCUT2D eigenvalue weighted by molar-refractivity contribution is -0.274. The first-order chi connectivity index (χ1) is 25.3. The van der Waals surface area contributed by atoms with Gasteiger partial charge in [-0.2, -0.15) is 0 Å². The van der Waals surface area contributed by atoms with Crippen molar-refractivity contribution in [3.05, 3.63) is 129 Å². The summed E-state index contributed by atoms with van der Waals surface area (Å²) in [6, 6.07) is 18.9. The molecule has 2 heterocycles. The van der Waals surface area contributed by atoms with Gasteiger partial charge in [0.2, 0.25) is 11.4 Å². The molecular weight excluding hydrogens is 728 g/mol. The molecule has 3 N–H and O–H groups in total. The van der Waals surface area contributed by atoms with Gasteiger partial charge in [-0.05, 0) is 72.8 Å². The molecule has 0 atom stereocenters. The van der Waals surface area contributed by atoms with Gasteiger partial charge in [-0.3, -0.25) is 0 Å². The molecule has 6 aromatic rings. The molecule has 264 valence electrons.